The zero-order valence-electron chi connectivity index (χ0n) is 22.9. The molecule has 4 heterocycles. The molecule has 2 aliphatic rings. The van der Waals surface area contributed by atoms with Crippen molar-refractivity contribution < 1.29 is 23.8 Å². The van der Waals surface area contributed by atoms with Gasteiger partial charge in [-0.25, -0.2) is 19.2 Å². The van der Waals surface area contributed by atoms with E-state index in [1.807, 2.05) is 18.2 Å². The van der Waals surface area contributed by atoms with Gasteiger partial charge in [-0.3, -0.25) is 0 Å². The van der Waals surface area contributed by atoms with Gasteiger partial charge in [0.05, 0.1) is 29.8 Å². The Morgan fingerprint density at radius 2 is 2.05 bits per heavy atom. The molecule has 6 rings (SSSR count). The molecule has 1 aromatic carbocycles. The van der Waals surface area contributed by atoms with Crippen molar-refractivity contribution >= 4 is 17.1 Å². The van der Waals surface area contributed by atoms with Gasteiger partial charge in [0.2, 0.25) is 5.88 Å². The Balaban J connectivity index is 1.11. The fraction of sp³-hybridized carbons (Fsp3) is 0.419. The minimum atomic E-state index is -0.995. The molecule has 0 spiro atoms. The van der Waals surface area contributed by atoms with Gasteiger partial charge in [0.15, 0.2) is 5.65 Å². The molecule has 3 aromatic heterocycles. The fourth-order valence-corrected chi connectivity index (χ4v) is 5.93. The first kappa shape index (κ1) is 27.0. The number of halogens is 1. The Kier molecular flexibility index (Phi) is 7.22. The molecule has 2 N–H and O–H groups in total. The molecular weight excluding hydrogens is 525 g/mol. The Morgan fingerprint density at radius 1 is 1.24 bits per heavy atom. The van der Waals surface area contributed by atoms with Gasteiger partial charge in [0, 0.05) is 36.3 Å². The number of nitriles is 1. The predicted octanol–water partition coefficient (Wildman–Crippen LogP) is 5.74. The lowest BCUT2D eigenvalue weighted by atomic mass is 9.69. The number of ether oxygens (including phenoxy) is 2. The van der Waals surface area contributed by atoms with E-state index in [-0.39, 0.29) is 29.4 Å². The number of nitrogens with zero attached hydrogens (tertiary/aromatic N) is 4. The van der Waals surface area contributed by atoms with E-state index < -0.39 is 11.8 Å². The number of aromatic nitrogens is 4. The van der Waals surface area contributed by atoms with Gasteiger partial charge in [-0.1, -0.05) is 19.1 Å². The first-order valence-electron chi connectivity index (χ1n) is 14.0. The van der Waals surface area contributed by atoms with E-state index in [9.17, 15) is 14.3 Å². The number of aromatic carboxylic acids is 1. The van der Waals surface area contributed by atoms with Crippen LogP contribution in [0.15, 0.2) is 42.5 Å². The van der Waals surface area contributed by atoms with Crippen molar-refractivity contribution in [2.75, 3.05) is 6.61 Å². The number of carbonyl (C=O) groups is 1. The van der Waals surface area contributed by atoms with E-state index in [1.165, 1.54) is 6.07 Å². The Labute approximate surface area is 236 Å². The van der Waals surface area contributed by atoms with Crippen LogP contribution in [0.5, 0.6) is 5.88 Å². The van der Waals surface area contributed by atoms with Crippen LogP contribution in [0.4, 0.5) is 4.39 Å². The zero-order chi connectivity index (χ0) is 28.6. The summed E-state index contributed by atoms with van der Waals surface area (Å²) < 4.78 is 27.9. The molecule has 1 saturated heterocycles. The average Bonchev–Trinajstić information content (AvgIpc) is 3.48. The summed E-state index contributed by atoms with van der Waals surface area (Å²) in [6.45, 7) is 3.77. The molecule has 0 radical (unpaired) electrons. The highest BCUT2D eigenvalue weighted by atomic mass is 19.1. The van der Waals surface area contributed by atoms with Crippen molar-refractivity contribution in [3.8, 4) is 11.9 Å². The van der Waals surface area contributed by atoms with Gasteiger partial charge < -0.3 is 24.1 Å². The van der Waals surface area contributed by atoms with Crippen LogP contribution in [0.2, 0.25) is 0 Å². The van der Waals surface area contributed by atoms with Gasteiger partial charge in [-0.05, 0) is 61.8 Å². The lowest BCUT2D eigenvalue weighted by Gasteiger charge is -2.37. The van der Waals surface area contributed by atoms with Crippen LogP contribution in [-0.4, -0.2) is 43.3 Å². The molecule has 2 fully saturated rings. The molecular formula is C31H32FN5O4. The molecule has 9 nitrogen and oxygen atoms in total. The summed E-state index contributed by atoms with van der Waals surface area (Å²) in [5, 5.41) is 18.4. The molecule has 212 valence electrons. The topological polar surface area (TPSA) is 126 Å². The Morgan fingerprint density at radius 3 is 2.73 bits per heavy atom. The maximum absolute atomic E-state index is 14.2. The Bertz CT molecular complexity index is 1630. The molecule has 0 bridgehead atoms. The Hall–Kier alpha value is -4.23. The molecule has 1 aliphatic carbocycles. The maximum Gasteiger partial charge on any atom is 0.352 e. The second kappa shape index (κ2) is 11.0. The third-order valence-corrected chi connectivity index (χ3v) is 8.53. The second-order valence-electron chi connectivity index (χ2n) is 11.5. The number of H-pyrrole nitrogens is 1. The van der Waals surface area contributed by atoms with Crippen LogP contribution in [0.3, 0.4) is 0 Å². The molecule has 1 atom stereocenters. The van der Waals surface area contributed by atoms with Crippen LogP contribution in [-0.2, 0) is 24.3 Å². The second-order valence-corrected chi connectivity index (χ2v) is 11.5. The van der Waals surface area contributed by atoms with Gasteiger partial charge >= 0.3 is 5.97 Å². The molecule has 0 unspecified atom stereocenters. The number of aromatic amines is 1. The van der Waals surface area contributed by atoms with Crippen LogP contribution in [0.25, 0.3) is 11.2 Å². The SMILES string of the molecule is CC1(Cc2nc3[nH]c(C(=O)O)cc3n2C[C@@H]2CCO2)CCC(c2cccc(OCc3ccc(C#N)cc3F)n2)CC1. The predicted molar refractivity (Wildman–Crippen MR) is 148 cm³/mol. The third-order valence-electron chi connectivity index (χ3n) is 8.53. The van der Waals surface area contributed by atoms with Crippen LogP contribution >= 0.6 is 0 Å². The van der Waals surface area contributed by atoms with Crippen molar-refractivity contribution in [1.29, 1.82) is 5.26 Å². The molecule has 1 saturated carbocycles. The number of hydrogen-bond donors (Lipinski definition) is 2. The first-order valence-corrected chi connectivity index (χ1v) is 14.0. The van der Waals surface area contributed by atoms with Crippen molar-refractivity contribution in [1.82, 2.24) is 19.5 Å². The highest BCUT2D eigenvalue weighted by molar-refractivity contribution is 5.91. The quantitative estimate of drug-likeness (QED) is 0.269. The lowest BCUT2D eigenvalue weighted by Crippen LogP contribution is -2.33. The fourth-order valence-electron chi connectivity index (χ4n) is 5.93. The van der Waals surface area contributed by atoms with E-state index in [1.54, 1.807) is 24.3 Å². The monoisotopic (exact) mass is 557 g/mol. The average molecular weight is 558 g/mol. The summed E-state index contributed by atoms with van der Waals surface area (Å²) in [4.78, 5) is 24.0. The van der Waals surface area contributed by atoms with Gasteiger partial charge in [0.1, 0.15) is 23.9 Å². The maximum atomic E-state index is 14.2. The van der Waals surface area contributed by atoms with E-state index in [2.05, 4.69) is 16.5 Å². The number of carboxylic acids is 1. The molecule has 41 heavy (non-hydrogen) atoms. The van der Waals surface area contributed by atoms with E-state index >= 15 is 0 Å². The van der Waals surface area contributed by atoms with Crippen molar-refractivity contribution in [3.05, 3.63) is 76.6 Å². The number of nitrogens with one attached hydrogen (secondary N) is 1. The summed E-state index contributed by atoms with van der Waals surface area (Å²) in [5.41, 5.74) is 3.24. The van der Waals surface area contributed by atoms with Crippen molar-refractivity contribution in [2.45, 2.75) is 70.6 Å². The lowest BCUT2D eigenvalue weighted by molar-refractivity contribution is -0.0591. The number of benzene rings is 1. The summed E-state index contributed by atoms with van der Waals surface area (Å²) in [5.74, 6) is 0.255. The van der Waals surface area contributed by atoms with Crippen LogP contribution in [0.1, 0.15) is 78.1 Å². The smallest absolute Gasteiger partial charge is 0.352 e. The first-order chi connectivity index (χ1) is 19.8. The van der Waals surface area contributed by atoms with Crippen molar-refractivity contribution in [2.24, 2.45) is 5.41 Å². The van der Waals surface area contributed by atoms with E-state index in [0.29, 0.717) is 29.6 Å². The minimum absolute atomic E-state index is 0.0389. The molecule has 0 amide bonds. The van der Waals surface area contributed by atoms with Crippen LogP contribution in [0, 0.1) is 22.6 Å². The summed E-state index contributed by atoms with van der Waals surface area (Å²) in [7, 11) is 0. The number of imidazole rings is 1. The molecule has 1 aliphatic heterocycles. The largest absolute Gasteiger partial charge is 0.477 e. The van der Waals surface area contributed by atoms with Gasteiger partial charge in [0.25, 0.3) is 0 Å². The molecule has 4 aromatic rings. The number of rotatable bonds is 9. The van der Waals surface area contributed by atoms with Crippen LogP contribution < -0.4 is 4.74 Å². The number of fused-ring (bicyclic) bond motifs is 1. The standard InChI is InChI=1S/C31H32FN5O4/c1-31(15-27-36-29-26(14-25(35-29)30(38)39)37(27)17-22-9-12-40-22)10-7-20(8-11-31)24-3-2-4-28(34-24)41-18-21-6-5-19(16-33)13-23(21)32/h2-6,13-14,20,22,35H,7-12,15,17-18H2,1H3,(H,38,39)/t20?,22-,31?/m0/s1. The zero-order valence-corrected chi connectivity index (χ0v) is 22.9. The molecule has 10 heteroatoms. The minimum Gasteiger partial charge on any atom is -0.477 e. The van der Waals surface area contributed by atoms with E-state index in [0.717, 1.165) is 62.2 Å². The number of hydrogen-bond acceptors (Lipinski definition) is 6. The van der Waals surface area contributed by atoms with Crippen molar-refractivity contribution in [3.63, 3.8) is 0 Å². The van der Waals surface area contributed by atoms with Gasteiger partial charge in [-0.15, -0.1) is 0 Å². The van der Waals surface area contributed by atoms with Gasteiger partial charge in [-0.2, -0.15) is 5.26 Å². The summed E-state index contributed by atoms with van der Waals surface area (Å²) >= 11 is 0. The number of carboxylic acid groups (broad SMARTS) is 1. The van der Waals surface area contributed by atoms with E-state index in [4.69, 9.17) is 24.7 Å². The summed E-state index contributed by atoms with van der Waals surface area (Å²) in [6.07, 6.45) is 5.88. The highest BCUT2D eigenvalue weighted by Gasteiger charge is 2.35. The highest BCUT2D eigenvalue weighted by Crippen LogP contribution is 2.44. The normalized spacial score (nSPS) is 22.3. The third kappa shape index (κ3) is 5.68. The number of pyridine rings is 1. The summed E-state index contributed by atoms with van der Waals surface area (Å²) in [6, 6.07) is 13.7.